The van der Waals surface area contributed by atoms with E-state index in [2.05, 4.69) is 10.3 Å². The Morgan fingerprint density at radius 2 is 2.06 bits per heavy atom. The van der Waals surface area contributed by atoms with Gasteiger partial charge in [-0.05, 0) is 17.7 Å². The van der Waals surface area contributed by atoms with Gasteiger partial charge in [-0.15, -0.1) is 11.3 Å². The predicted octanol–water partition coefficient (Wildman–Crippen LogP) is 2.61. The highest BCUT2D eigenvalue weighted by Crippen LogP contribution is 2.04. The van der Waals surface area contributed by atoms with Gasteiger partial charge in [0.05, 0.1) is 5.01 Å². The van der Waals surface area contributed by atoms with E-state index in [1.54, 1.807) is 23.5 Å². The first-order valence-corrected chi connectivity index (χ1v) is 6.06. The van der Waals surface area contributed by atoms with E-state index in [0.29, 0.717) is 0 Å². The molecule has 4 heteroatoms. The Labute approximate surface area is 98.2 Å². The van der Waals surface area contributed by atoms with Gasteiger partial charge >= 0.3 is 0 Å². The summed E-state index contributed by atoms with van der Waals surface area (Å²) in [5.74, 6) is -0.188. The summed E-state index contributed by atoms with van der Waals surface area (Å²) in [7, 11) is 0. The van der Waals surface area contributed by atoms with Crippen LogP contribution in [0.4, 0.5) is 4.39 Å². The summed E-state index contributed by atoms with van der Waals surface area (Å²) in [6.07, 6.45) is 2.76. The smallest absolute Gasteiger partial charge is 0.123 e. The normalized spacial score (nSPS) is 10.6. The van der Waals surface area contributed by atoms with Crippen molar-refractivity contribution in [2.24, 2.45) is 0 Å². The summed E-state index contributed by atoms with van der Waals surface area (Å²) in [5.41, 5.74) is 1.10. The van der Waals surface area contributed by atoms with Crippen LogP contribution in [0.3, 0.4) is 0 Å². The Balaban J connectivity index is 1.70. The molecule has 0 atom stereocenters. The second kappa shape index (κ2) is 5.72. The van der Waals surface area contributed by atoms with Crippen LogP contribution in [0.1, 0.15) is 10.6 Å². The molecule has 2 aromatic rings. The van der Waals surface area contributed by atoms with Crippen molar-refractivity contribution in [2.45, 2.75) is 13.0 Å². The SMILES string of the molecule is Fc1ccc(CNCCc2nccs2)cc1. The minimum atomic E-state index is -0.188. The lowest BCUT2D eigenvalue weighted by molar-refractivity contribution is 0.625. The molecule has 0 fully saturated rings. The fraction of sp³-hybridized carbons (Fsp3) is 0.250. The maximum atomic E-state index is 12.6. The molecule has 84 valence electrons. The number of hydrogen-bond acceptors (Lipinski definition) is 3. The van der Waals surface area contributed by atoms with E-state index >= 15 is 0 Å². The summed E-state index contributed by atoms with van der Waals surface area (Å²) in [6, 6.07) is 6.56. The second-order valence-corrected chi connectivity index (χ2v) is 4.46. The maximum absolute atomic E-state index is 12.6. The molecule has 1 aromatic heterocycles. The molecule has 0 aliphatic carbocycles. The molecule has 0 spiro atoms. The summed E-state index contributed by atoms with van der Waals surface area (Å²) < 4.78 is 12.6. The quantitative estimate of drug-likeness (QED) is 0.807. The molecular weight excluding hydrogens is 223 g/mol. The summed E-state index contributed by atoms with van der Waals surface area (Å²) >= 11 is 1.67. The van der Waals surface area contributed by atoms with E-state index in [-0.39, 0.29) is 5.82 Å². The number of hydrogen-bond donors (Lipinski definition) is 1. The molecule has 0 bridgehead atoms. The van der Waals surface area contributed by atoms with Gasteiger partial charge in [-0.1, -0.05) is 12.1 Å². The number of thiazole rings is 1. The minimum Gasteiger partial charge on any atom is -0.312 e. The molecule has 0 saturated heterocycles. The maximum Gasteiger partial charge on any atom is 0.123 e. The van der Waals surface area contributed by atoms with Crippen LogP contribution in [0.5, 0.6) is 0 Å². The van der Waals surface area contributed by atoms with E-state index in [9.17, 15) is 4.39 Å². The Bertz CT molecular complexity index is 411. The average Bonchev–Trinajstić information content (AvgIpc) is 2.80. The topological polar surface area (TPSA) is 24.9 Å². The molecule has 0 unspecified atom stereocenters. The minimum absolute atomic E-state index is 0.188. The van der Waals surface area contributed by atoms with Crippen LogP contribution < -0.4 is 5.32 Å². The largest absolute Gasteiger partial charge is 0.312 e. The van der Waals surface area contributed by atoms with Crippen molar-refractivity contribution >= 4 is 11.3 Å². The zero-order valence-corrected chi connectivity index (χ0v) is 9.64. The monoisotopic (exact) mass is 236 g/mol. The average molecular weight is 236 g/mol. The van der Waals surface area contributed by atoms with E-state index in [1.807, 2.05) is 11.6 Å². The number of halogens is 1. The molecule has 0 amide bonds. The molecule has 1 aromatic carbocycles. The zero-order chi connectivity index (χ0) is 11.2. The lowest BCUT2D eigenvalue weighted by Crippen LogP contribution is -2.16. The summed E-state index contributed by atoms with van der Waals surface area (Å²) in [5, 5.41) is 6.43. The standard InChI is InChI=1S/C12H13FN2S/c13-11-3-1-10(2-4-11)9-14-6-5-12-15-7-8-16-12/h1-4,7-8,14H,5-6,9H2. The van der Waals surface area contributed by atoms with Crippen molar-refractivity contribution in [3.8, 4) is 0 Å². The molecule has 0 saturated carbocycles. The van der Waals surface area contributed by atoms with Gasteiger partial charge in [0.25, 0.3) is 0 Å². The molecule has 0 aliphatic heterocycles. The summed E-state index contributed by atoms with van der Waals surface area (Å²) in [4.78, 5) is 4.20. The van der Waals surface area contributed by atoms with E-state index in [4.69, 9.17) is 0 Å². The van der Waals surface area contributed by atoms with Crippen LogP contribution in [0.15, 0.2) is 35.8 Å². The highest BCUT2D eigenvalue weighted by atomic mass is 32.1. The Kier molecular flexibility index (Phi) is 4.02. The van der Waals surface area contributed by atoms with Gasteiger partial charge in [0.15, 0.2) is 0 Å². The molecule has 0 aliphatic rings. The van der Waals surface area contributed by atoms with Crippen LogP contribution >= 0.6 is 11.3 Å². The lowest BCUT2D eigenvalue weighted by Gasteiger charge is -2.03. The van der Waals surface area contributed by atoms with Gasteiger partial charge in [-0.3, -0.25) is 0 Å². The number of aromatic nitrogens is 1. The first-order chi connectivity index (χ1) is 7.84. The Morgan fingerprint density at radius 3 is 2.75 bits per heavy atom. The van der Waals surface area contributed by atoms with E-state index < -0.39 is 0 Å². The highest BCUT2D eigenvalue weighted by molar-refractivity contribution is 7.09. The van der Waals surface area contributed by atoms with E-state index in [0.717, 1.165) is 30.1 Å². The molecule has 0 radical (unpaired) electrons. The second-order valence-electron chi connectivity index (χ2n) is 3.48. The first-order valence-electron chi connectivity index (χ1n) is 5.18. The number of rotatable bonds is 5. The fourth-order valence-electron chi connectivity index (χ4n) is 1.41. The lowest BCUT2D eigenvalue weighted by atomic mass is 10.2. The molecule has 1 heterocycles. The number of nitrogens with one attached hydrogen (secondary N) is 1. The third kappa shape index (κ3) is 3.40. The summed E-state index contributed by atoms with van der Waals surface area (Å²) in [6.45, 7) is 1.66. The zero-order valence-electron chi connectivity index (χ0n) is 8.82. The Morgan fingerprint density at radius 1 is 1.25 bits per heavy atom. The number of benzene rings is 1. The van der Waals surface area contributed by atoms with Gasteiger partial charge in [0.2, 0.25) is 0 Å². The van der Waals surface area contributed by atoms with Gasteiger partial charge in [0, 0.05) is 31.1 Å². The molecule has 2 nitrogen and oxygen atoms in total. The van der Waals surface area contributed by atoms with Gasteiger partial charge < -0.3 is 5.32 Å². The van der Waals surface area contributed by atoms with Crippen LogP contribution in [0.2, 0.25) is 0 Å². The fourth-order valence-corrected chi connectivity index (χ4v) is 2.03. The van der Waals surface area contributed by atoms with Gasteiger partial charge in [-0.25, -0.2) is 9.37 Å². The van der Waals surface area contributed by atoms with Crippen LogP contribution in [-0.4, -0.2) is 11.5 Å². The van der Waals surface area contributed by atoms with Gasteiger partial charge in [0.1, 0.15) is 5.82 Å². The number of nitrogens with zero attached hydrogens (tertiary/aromatic N) is 1. The van der Waals surface area contributed by atoms with Gasteiger partial charge in [-0.2, -0.15) is 0 Å². The van der Waals surface area contributed by atoms with E-state index in [1.165, 1.54) is 12.1 Å². The van der Waals surface area contributed by atoms with Crippen molar-refractivity contribution in [2.75, 3.05) is 6.54 Å². The van der Waals surface area contributed by atoms with Crippen molar-refractivity contribution in [3.63, 3.8) is 0 Å². The van der Waals surface area contributed by atoms with Crippen molar-refractivity contribution in [1.29, 1.82) is 0 Å². The Hall–Kier alpha value is -1.26. The van der Waals surface area contributed by atoms with Crippen LogP contribution in [-0.2, 0) is 13.0 Å². The first kappa shape index (κ1) is 11.2. The van der Waals surface area contributed by atoms with Crippen molar-refractivity contribution in [3.05, 3.63) is 52.2 Å². The van der Waals surface area contributed by atoms with Crippen molar-refractivity contribution in [1.82, 2.24) is 10.3 Å². The molecule has 16 heavy (non-hydrogen) atoms. The molecule has 2 rings (SSSR count). The van der Waals surface area contributed by atoms with Crippen LogP contribution in [0.25, 0.3) is 0 Å². The predicted molar refractivity (Wildman–Crippen MR) is 63.9 cm³/mol. The third-order valence-electron chi connectivity index (χ3n) is 2.24. The van der Waals surface area contributed by atoms with Crippen molar-refractivity contribution < 1.29 is 4.39 Å². The highest BCUT2D eigenvalue weighted by Gasteiger charge is 1.96. The molecule has 1 N–H and O–H groups in total. The molecular formula is C12H13FN2S. The third-order valence-corrected chi connectivity index (χ3v) is 3.08. The van der Waals surface area contributed by atoms with Crippen LogP contribution in [0, 0.1) is 5.82 Å².